The van der Waals surface area contributed by atoms with E-state index in [2.05, 4.69) is 140 Å². The van der Waals surface area contributed by atoms with Crippen LogP contribution in [0, 0.1) is 31.6 Å². The van der Waals surface area contributed by atoms with E-state index in [0.29, 0.717) is 0 Å². The van der Waals surface area contributed by atoms with Crippen molar-refractivity contribution in [2.75, 3.05) is 4.90 Å². The molecule has 8 aromatic carbocycles. The second-order valence-electron chi connectivity index (χ2n) is 16.1. The second kappa shape index (κ2) is 10.1. The van der Waals surface area contributed by atoms with Gasteiger partial charge in [0.25, 0.3) is 0 Å². The number of aryl methyl sites for hydroxylation is 2. The Kier molecular flexibility index (Phi) is 5.76. The Morgan fingerprint density at radius 3 is 1.69 bits per heavy atom. The van der Waals surface area contributed by atoms with Gasteiger partial charge in [-0.3, -0.25) is 0 Å². The summed E-state index contributed by atoms with van der Waals surface area (Å²) < 4.78 is 0. The maximum Gasteiger partial charge on any atom is 0.0511 e. The van der Waals surface area contributed by atoms with Crippen LogP contribution in [0.5, 0.6) is 0 Å². The highest BCUT2D eigenvalue weighted by molar-refractivity contribution is 6.38. The van der Waals surface area contributed by atoms with Crippen LogP contribution in [0.3, 0.4) is 0 Å². The van der Waals surface area contributed by atoms with E-state index in [1.54, 1.807) is 5.56 Å². The Morgan fingerprint density at radius 1 is 0.469 bits per heavy atom. The summed E-state index contributed by atoms with van der Waals surface area (Å²) in [6.45, 7) is 4.40. The largest absolute Gasteiger partial charge is 0.310 e. The number of benzene rings is 8. The highest BCUT2D eigenvalue weighted by Crippen LogP contribution is 2.64. The Bertz CT molecular complexity index is 2510. The molecule has 0 aromatic heterocycles. The van der Waals surface area contributed by atoms with Crippen molar-refractivity contribution in [3.8, 4) is 0 Å². The first kappa shape index (κ1) is 28.0. The molecular weight excluding hydrogens is 591 g/mol. The van der Waals surface area contributed by atoms with Crippen molar-refractivity contribution in [3.63, 3.8) is 0 Å². The molecule has 4 bridgehead atoms. The maximum atomic E-state index is 2.63. The molecule has 4 aliphatic rings. The molecule has 4 fully saturated rings. The number of nitrogens with zero attached hydrogens (tertiary/aromatic N) is 1. The minimum absolute atomic E-state index is 0.194. The van der Waals surface area contributed by atoms with E-state index in [0.717, 1.165) is 17.8 Å². The van der Waals surface area contributed by atoms with Gasteiger partial charge in [-0.1, -0.05) is 96.1 Å². The average Bonchev–Trinajstić information content (AvgIpc) is 3.10. The summed E-state index contributed by atoms with van der Waals surface area (Å²) in [5, 5.41) is 13.9. The molecule has 238 valence electrons. The lowest BCUT2D eigenvalue weighted by atomic mass is 9.47. The third-order valence-electron chi connectivity index (χ3n) is 13.0. The Labute approximate surface area is 288 Å². The summed E-state index contributed by atoms with van der Waals surface area (Å²) in [5.41, 5.74) is 8.26. The first-order chi connectivity index (χ1) is 24.0. The van der Waals surface area contributed by atoms with E-state index in [9.17, 15) is 0 Å². The maximum absolute atomic E-state index is 2.63. The van der Waals surface area contributed by atoms with Gasteiger partial charge in [0.05, 0.1) is 5.69 Å². The number of hydrogen-bond donors (Lipinski definition) is 0. The Hall–Kier alpha value is -4.88. The molecule has 0 unspecified atom stereocenters. The molecule has 8 aromatic rings. The lowest BCUT2D eigenvalue weighted by molar-refractivity contribution is -0.00421. The van der Waals surface area contributed by atoms with Gasteiger partial charge in [-0.15, -0.1) is 0 Å². The summed E-state index contributed by atoms with van der Waals surface area (Å²) in [6.07, 6.45) is 8.31. The van der Waals surface area contributed by atoms with Crippen LogP contribution in [-0.2, 0) is 5.41 Å². The van der Waals surface area contributed by atoms with Gasteiger partial charge in [0.15, 0.2) is 0 Å². The van der Waals surface area contributed by atoms with Gasteiger partial charge in [-0.2, -0.15) is 0 Å². The molecule has 0 atom stereocenters. The van der Waals surface area contributed by atoms with E-state index in [1.165, 1.54) is 121 Å². The minimum atomic E-state index is 0.194. The zero-order valence-corrected chi connectivity index (χ0v) is 28.5. The minimum Gasteiger partial charge on any atom is -0.310 e. The second-order valence-corrected chi connectivity index (χ2v) is 16.1. The topological polar surface area (TPSA) is 3.24 Å². The summed E-state index contributed by atoms with van der Waals surface area (Å²) in [5.74, 6) is 2.57. The summed E-state index contributed by atoms with van der Waals surface area (Å²) >= 11 is 0. The summed E-state index contributed by atoms with van der Waals surface area (Å²) in [6, 6.07) is 46.8. The normalized spacial score (nSPS) is 23.1. The SMILES string of the molecule is Cc1ccc(N(c2ccc(C)cc2)c2cc3c4cccc5cc6ccccc6c(c6cccc(c2C27CC8CC(CC(C8)C2)C7)c36)c54)cc1. The predicted molar refractivity (Wildman–Crippen MR) is 209 cm³/mol. The molecule has 49 heavy (non-hydrogen) atoms. The fourth-order valence-electron chi connectivity index (χ4n) is 11.5. The highest BCUT2D eigenvalue weighted by Gasteiger charge is 2.53. The van der Waals surface area contributed by atoms with Gasteiger partial charge in [-0.25, -0.2) is 0 Å². The van der Waals surface area contributed by atoms with Crippen LogP contribution in [-0.4, -0.2) is 0 Å². The Balaban J connectivity index is 1.34. The molecule has 4 aliphatic carbocycles. The van der Waals surface area contributed by atoms with Gasteiger partial charge < -0.3 is 4.90 Å². The van der Waals surface area contributed by atoms with Gasteiger partial charge in [0, 0.05) is 11.4 Å². The van der Waals surface area contributed by atoms with Crippen LogP contribution in [0.4, 0.5) is 17.1 Å². The third kappa shape index (κ3) is 3.99. The molecule has 0 N–H and O–H groups in total. The van der Waals surface area contributed by atoms with Crippen LogP contribution in [0.1, 0.15) is 55.2 Å². The molecule has 1 nitrogen and oxygen atoms in total. The van der Waals surface area contributed by atoms with E-state index >= 15 is 0 Å². The van der Waals surface area contributed by atoms with Crippen molar-refractivity contribution < 1.29 is 0 Å². The summed E-state index contributed by atoms with van der Waals surface area (Å²) in [4.78, 5) is 2.62. The highest BCUT2D eigenvalue weighted by atomic mass is 15.1. The molecule has 0 saturated heterocycles. The van der Waals surface area contributed by atoms with Crippen molar-refractivity contribution in [1.82, 2.24) is 0 Å². The number of anilines is 3. The van der Waals surface area contributed by atoms with Gasteiger partial charge >= 0.3 is 0 Å². The number of rotatable bonds is 4. The van der Waals surface area contributed by atoms with Crippen LogP contribution in [0.25, 0.3) is 53.9 Å². The van der Waals surface area contributed by atoms with E-state index in [4.69, 9.17) is 0 Å². The number of fused-ring (bicyclic) bond motifs is 4. The van der Waals surface area contributed by atoms with Crippen LogP contribution in [0.2, 0.25) is 0 Å². The van der Waals surface area contributed by atoms with E-state index in [1.807, 2.05) is 0 Å². The van der Waals surface area contributed by atoms with E-state index in [-0.39, 0.29) is 5.41 Å². The fourth-order valence-corrected chi connectivity index (χ4v) is 11.5. The molecule has 12 rings (SSSR count). The van der Waals surface area contributed by atoms with Crippen LogP contribution < -0.4 is 4.90 Å². The number of hydrogen-bond acceptors (Lipinski definition) is 1. The molecule has 0 amide bonds. The van der Waals surface area contributed by atoms with Gasteiger partial charge in [-0.05, 0) is 171 Å². The molecule has 1 heteroatoms. The van der Waals surface area contributed by atoms with Crippen molar-refractivity contribution >= 4 is 70.9 Å². The lowest BCUT2D eigenvalue weighted by Gasteiger charge is -2.58. The molecule has 0 spiro atoms. The van der Waals surface area contributed by atoms with Gasteiger partial charge in [0.1, 0.15) is 0 Å². The van der Waals surface area contributed by atoms with Crippen molar-refractivity contribution in [3.05, 3.63) is 138 Å². The van der Waals surface area contributed by atoms with Crippen LogP contribution >= 0.6 is 0 Å². The zero-order chi connectivity index (χ0) is 32.4. The third-order valence-corrected chi connectivity index (χ3v) is 13.0. The fraction of sp³-hybridized carbons (Fsp3) is 0.250. The zero-order valence-electron chi connectivity index (χ0n) is 28.5. The standard InChI is InChI=1S/C48H41N/c1-29-13-17-36(18-14-29)49(37-19-15-30(2)16-20-37)43-25-42-39-10-5-8-35-24-34-7-3-4-9-38(34)46(44(35)39)40-11-6-12-41(45(40)42)47(43)48-26-31-21-32(27-48)23-33(22-31)28-48/h3-20,24-25,31-33H,21-23,26-28H2,1-2H3. The quantitative estimate of drug-likeness (QED) is 0.138. The monoisotopic (exact) mass is 631 g/mol. The summed E-state index contributed by atoms with van der Waals surface area (Å²) in [7, 11) is 0. The smallest absolute Gasteiger partial charge is 0.0511 e. The molecule has 4 saturated carbocycles. The van der Waals surface area contributed by atoms with Gasteiger partial charge in [0.2, 0.25) is 0 Å². The Morgan fingerprint density at radius 2 is 1.02 bits per heavy atom. The molecule has 0 radical (unpaired) electrons. The first-order valence-corrected chi connectivity index (χ1v) is 18.5. The predicted octanol–water partition coefficient (Wildman–Crippen LogP) is 13.4. The van der Waals surface area contributed by atoms with Crippen molar-refractivity contribution in [2.24, 2.45) is 17.8 Å². The van der Waals surface area contributed by atoms with E-state index < -0.39 is 0 Å². The molecule has 0 heterocycles. The first-order valence-electron chi connectivity index (χ1n) is 18.5. The lowest BCUT2D eigenvalue weighted by Crippen LogP contribution is -2.49. The van der Waals surface area contributed by atoms with Crippen LogP contribution in [0.15, 0.2) is 121 Å². The molecule has 0 aliphatic heterocycles. The average molecular weight is 632 g/mol. The molecular formula is C48H41N. The van der Waals surface area contributed by atoms with Crippen molar-refractivity contribution in [2.45, 2.75) is 57.8 Å². The van der Waals surface area contributed by atoms with Crippen molar-refractivity contribution in [1.29, 1.82) is 0 Å².